The lowest BCUT2D eigenvalue weighted by molar-refractivity contribution is -0.913. The normalized spacial score (nSPS) is 11.7. The Hall–Kier alpha value is -0.650. The van der Waals surface area contributed by atoms with Crippen LogP contribution in [0.25, 0.3) is 0 Å². The van der Waals surface area contributed by atoms with Crippen molar-refractivity contribution in [2.45, 2.75) is 19.3 Å². The van der Waals surface area contributed by atoms with Gasteiger partial charge in [0.05, 0.1) is 67.3 Å². The molecule has 0 aliphatic carbocycles. The highest BCUT2D eigenvalue weighted by Crippen LogP contribution is 1.73. The van der Waals surface area contributed by atoms with Gasteiger partial charge in [-0.1, -0.05) is 0 Å². The van der Waals surface area contributed by atoms with E-state index >= 15 is 0 Å². The van der Waals surface area contributed by atoms with Crippen molar-refractivity contribution >= 4 is 5.91 Å². The molecule has 0 aromatic rings. The molecule has 0 saturated carbocycles. The lowest BCUT2D eigenvalue weighted by atomic mass is 10.3. The zero-order valence-electron chi connectivity index (χ0n) is 12.6. The zero-order chi connectivity index (χ0) is 14.0. The lowest BCUT2D eigenvalue weighted by Gasteiger charge is -2.19. The molecule has 0 saturated heterocycles. The number of carbonyl (C=O) groups excluding carboxylic acids is 1. The monoisotopic (exact) mass is 261 g/mol. The number of nitrogens with two attached hydrogens (primary N) is 1. The summed E-state index contributed by atoms with van der Waals surface area (Å²) >= 11 is 0. The van der Waals surface area contributed by atoms with Gasteiger partial charge >= 0.3 is 0 Å². The molecule has 0 spiro atoms. The van der Waals surface area contributed by atoms with Crippen LogP contribution in [0.3, 0.4) is 0 Å². The third-order valence-electron chi connectivity index (χ3n) is 3.14. The van der Waals surface area contributed by atoms with E-state index < -0.39 is 0 Å². The van der Waals surface area contributed by atoms with Gasteiger partial charge in [-0.25, -0.2) is 0 Å². The van der Waals surface area contributed by atoms with Crippen molar-refractivity contribution in [3.8, 4) is 0 Å². The molecular weight excluding hydrogens is 228 g/mol. The van der Waals surface area contributed by atoms with Gasteiger partial charge in [-0.2, -0.15) is 0 Å². The first-order valence-corrected chi connectivity index (χ1v) is 7.11. The van der Waals surface area contributed by atoms with Gasteiger partial charge in [-0.15, -0.1) is 0 Å². The quantitative estimate of drug-likeness (QED) is 0.300. The lowest BCUT2D eigenvalue weighted by Crippen LogP contribution is -3.14. The smallest absolute Gasteiger partial charge is 0.223 e. The molecule has 0 rings (SSSR count). The van der Waals surface area contributed by atoms with Crippen LogP contribution in [-0.4, -0.2) is 66.8 Å². The number of hydrogen-bond donors (Lipinski definition) is 4. The first-order valence-electron chi connectivity index (χ1n) is 7.11. The Balaban J connectivity index is 3.87. The van der Waals surface area contributed by atoms with E-state index in [1.807, 2.05) is 0 Å². The minimum atomic E-state index is -0.177. The van der Waals surface area contributed by atoms with Crippen LogP contribution in [0, 0.1) is 0 Å². The van der Waals surface area contributed by atoms with E-state index in [-0.39, 0.29) is 5.91 Å². The Morgan fingerprint density at radius 3 is 1.61 bits per heavy atom. The summed E-state index contributed by atoms with van der Waals surface area (Å²) < 4.78 is 0. The van der Waals surface area contributed by atoms with Crippen molar-refractivity contribution in [2.75, 3.05) is 60.9 Å². The summed E-state index contributed by atoms with van der Waals surface area (Å²) in [7, 11) is 8.72. The highest BCUT2D eigenvalue weighted by molar-refractivity contribution is 5.73. The maximum Gasteiger partial charge on any atom is 0.223 e. The van der Waals surface area contributed by atoms with E-state index in [9.17, 15) is 4.79 Å². The van der Waals surface area contributed by atoms with Gasteiger partial charge < -0.3 is 20.4 Å². The summed E-state index contributed by atoms with van der Waals surface area (Å²) in [5.41, 5.74) is 5.23. The van der Waals surface area contributed by atoms with E-state index in [0.717, 1.165) is 19.6 Å². The number of primary amides is 1. The van der Waals surface area contributed by atoms with Crippen LogP contribution in [0.1, 0.15) is 19.3 Å². The molecule has 1 amide bonds. The molecule has 0 heterocycles. The first-order chi connectivity index (χ1) is 8.41. The van der Waals surface area contributed by atoms with Crippen LogP contribution in [0.15, 0.2) is 0 Å². The molecule has 0 aliphatic rings. The summed E-state index contributed by atoms with van der Waals surface area (Å²) in [6.45, 7) is 5.58. The van der Waals surface area contributed by atoms with Crippen molar-refractivity contribution in [3.63, 3.8) is 0 Å². The van der Waals surface area contributed by atoms with Crippen molar-refractivity contribution < 1.29 is 19.5 Å². The number of quaternary nitrogens is 3. The van der Waals surface area contributed by atoms with E-state index in [1.54, 1.807) is 0 Å². The first kappa shape index (κ1) is 17.4. The van der Waals surface area contributed by atoms with E-state index in [2.05, 4.69) is 28.2 Å². The van der Waals surface area contributed by atoms with E-state index in [0.29, 0.717) is 6.42 Å². The molecule has 0 atom stereocenters. The fourth-order valence-electron chi connectivity index (χ4n) is 2.06. The molecule has 0 bridgehead atoms. The van der Waals surface area contributed by atoms with Crippen molar-refractivity contribution in [3.05, 3.63) is 0 Å². The Morgan fingerprint density at radius 2 is 1.28 bits per heavy atom. The maximum atomic E-state index is 10.9. The molecule has 108 valence electrons. The third kappa shape index (κ3) is 11.8. The van der Waals surface area contributed by atoms with Crippen LogP contribution in [0.5, 0.6) is 0 Å². The predicted octanol–water partition coefficient (Wildman–Crippen LogP) is -4.18. The highest BCUT2D eigenvalue weighted by Gasteiger charge is 2.11. The third-order valence-corrected chi connectivity index (χ3v) is 3.14. The Kier molecular flexibility index (Phi) is 9.92. The fraction of sp³-hybridized carbons (Fsp3) is 0.923. The number of amides is 1. The number of nitrogens with one attached hydrogen (secondary N) is 3. The molecule has 5 nitrogen and oxygen atoms in total. The Morgan fingerprint density at radius 1 is 0.833 bits per heavy atom. The Labute approximate surface area is 112 Å². The van der Waals surface area contributed by atoms with Gasteiger partial charge in [0, 0.05) is 12.8 Å². The molecule has 18 heavy (non-hydrogen) atoms. The molecule has 0 fully saturated rings. The molecule has 0 unspecified atom stereocenters. The standard InChI is InChI=1S/C13H30N4O/c1-15(2)8-5-10-17(12-7-13(14)18)11-6-9-16(3)4/h5-12H2,1-4H3,(H2,14,18)/p+3. The molecule has 0 aliphatic heterocycles. The summed E-state index contributed by atoms with van der Waals surface area (Å²) in [4.78, 5) is 15.4. The second-order valence-electron chi connectivity index (χ2n) is 5.84. The van der Waals surface area contributed by atoms with Crippen LogP contribution in [-0.2, 0) is 4.79 Å². The van der Waals surface area contributed by atoms with E-state index in [1.165, 1.54) is 40.6 Å². The average Bonchev–Trinajstić information content (AvgIpc) is 2.24. The maximum absolute atomic E-state index is 10.9. The fourth-order valence-corrected chi connectivity index (χ4v) is 2.06. The van der Waals surface area contributed by atoms with E-state index in [4.69, 9.17) is 5.73 Å². The summed E-state index contributed by atoms with van der Waals surface area (Å²) in [6, 6.07) is 0. The number of carbonyl (C=O) groups is 1. The predicted molar refractivity (Wildman–Crippen MR) is 74.0 cm³/mol. The van der Waals surface area contributed by atoms with Crippen molar-refractivity contribution in [2.24, 2.45) is 5.73 Å². The number of hydrogen-bond acceptors (Lipinski definition) is 1. The van der Waals surface area contributed by atoms with Gasteiger partial charge in [-0.3, -0.25) is 4.79 Å². The molecule has 0 aromatic carbocycles. The SMILES string of the molecule is C[NH+](C)CCC[NH+](CCC[NH+](C)C)CCC(N)=O. The topological polar surface area (TPSA) is 56.4 Å². The van der Waals surface area contributed by atoms with Crippen LogP contribution >= 0.6 is 0 Å². The van der Waals surface area contributed by atoms with Crippen LogP contribution < -0.4 is 20.4 Å². The Bertz CT molecular complexity index is 205. The highest BCUT2D eigenvalue weighted by atomic mass is 16.1. The molecule has 5 heteroatoms. The minimum absolute atomic E-state index is 0.177. The van der Waals surface area contributed by atoms with Gasteiger partial charge in [0.25, 0.3) is 0 Å². The van der Waals surface area contributed by atoms with Crippen LogP contribution in [0.4, 0.5) is 0 Å². The molecule has 0 aromatic heterocycles. The second kappa shape index (κ2) is 10.3. The summed E-state index contributed by atoms with van der Waals surface area (Å²) in [5, 5.41) is 0. The van der Waals surface area contributed by atoms with Gasteiger partial charge in [-0.05, 0) is 0 Å². The van der Waals surface area contributed by atoms with Crippen molar-refractivity contribution in [1.82, 2.24) is 0 Å². The summed E-state index contributed by atoms with van der Waals surface area (Å²) in [6.07, 6.45) is 2.94. The zero-order valence-corrected chi connectivity index (χ0v) is 12.6. The molecule has 0 radical (unpaired) electrons. The van der Waals surface area contributed by atoms with Gasteiger partial charge in [0.2, 0.25) is 5.91 Å². The van der Waals surface area contributed by atoms with Crippen LogP contribution in [0.2, 0.25) is 0 Å². The number of rotatable bonds is 11. The van der Waals surface area contributed by atoms with Gasteiger partial charge in [0.15, 0.2) is 0 Å². The average molecular weight is 261 g/mol. The largest absolute Gasteiger partial charge is 0.369 e. The molecular formula is C13H33N4O+3. The molecule has 5 N–H and O–H groups in total. The van der Waals surface area contributed by atoms with Gasteiger partial charge in [0.1, 0.15) is 0 Å². The summed E-state index contributed by atoms with van der Waals surface area (Å²) in [5.74, 6) is -0.177. The minimum Gasteiger partial charge on any atom is -0.369 e. The van der Waals surface area contributed by atoms with Crippen molar-refractivity contribution in [1.29, 1.82) is 0 Å². The second-order valence-corrected chi connectivity index (χ2v) is 5.84.